The Morgan fingerprint density at radius 1 is 0.582 bits per heavy atom. The van der Waals surface area contributed by atoms with Crippen LogP contribution in [0.5, 0.6) is 0 Å². The fraction of sp³-hybridized carbons (Fsp3) is 0.421. The van der Waals surface area contributed by atoms with Crippen molar-refractivity contribution in [1.82, 2.24) is 5.32 Å². The van der Waals surface area contributed by atoms with Crippen LogP contribution in [-0.4, -0.2) is 83.1 Å². The first-order chi connectivity index (χ1) is 25.8. The number of alkyl halides is 6. The maximum absolute atomic E-state index is 13.3. The van der Waals surface area contributed by atoms with Crippen LogP contribution in [0.3, 0.4) is 0 Å². The first-order valence-electron chi connectivity index (χ1n) is 17.1. The second-order valence-electron chi connectivity index (χ2n) is 11.7. The summed E-state index contributed by atoms with van der Waals surface area (Å²) in [6, 6.07) is 31.4. The molecule has 1 amide bonds. The Morgan fingerprint density at radius 2 is 0.927 bits per heavy atom. The van der Waals surface area contributed by atoms with Gasteiger partial charge in [-0.15, -0.1) is 0 Å². The van der Waals surface area contributed by atoms with Gasteiger partial charge in [0.1, 0.15) is 48.5 Å². The maximum Gasteiger partial charge on any atom is 0.339 e. The van der Waals surface area contributed by atoms with Crippen molar-refractivity contribution in [3.8, 4) is 0 Å². The van der Waals surface area contributed by atoms with Crippen molar-refractivity contribution in [1.29, 1.82) is 0 Å². The summed E-state index contributed by atoms with van der Waals surface area (Å²) in [7, 11) is -2.04. The number of nitrogens with one attached hydrogen (secondary N) is 1. The molecule has 0 aliphatic carbocycles. The number of hydrogen-bond donors (Lipinski definition) is 1. The van der Waals surface area contributed by atoms with Crippen LogP contribution in [0, 0.1) is 0 Å². The normalized spacial score (nSPS) is 11.3. The molecule has 0 saturated carbocycles. The molecule has 0 bridgehead atoms. The fourth-order valence-electron chi connectivity index (χ4n) is 5.31. The summed E-state index contributed by atoms with van der Waals surface area (Å²) in [5.74, 6) is -3.67. The second kappa shape index (κ2) is 27.7. The molecule has 0 aromatic heterocycles. The van der Waals surface area contributed by atoms with Crippen LogP contribution in [0.15, 0.2) is 91.0 Å². The van der Waals surface area contributed by atoms with E-state index >= 15 is 0 Å². The van der Waals surface area contributed by atoms with Gasteiger partial charge in [0.2, 0.25) is 20.4 Å². The Labute approximate surface area is 364 Å². The smallest absolute Gasteiger partial charge is 0.339 e. The zero-order valence-electron chi connectivity index (χ0n) is 30.3. The molecule has 0 aliphatic rings. The third-order valence-corrected chi connectivity index (χ3v) is 13.4. The van der Waals surface area contributed by atoms with Crippen LogP contribution < -0.4 is 38.2 Å². The first kappa shape index (κ1) is 51.2. The number of rotatable bonds is 21. The minimum Gasteiger partial charge on any atom is -1.00 e. The second-order valence-corrected chi connectivity index (χ2v) is 18.6. The van der Waals surface area contributed by atoms with E-state index in [4.69, 9.17) is 88.6 Å². The van der Waals surface area contributed by atoms with Crippen LogP contribution in [0.25, 0.3) is 0 Å². The summed E-state index contributed by atoms with van der Waals surface area (Å²) in [5, 5.41) is 6.46. The molecule has 0 spiro atoms. The van der Waals surface area contributed by atoms with Gasteiger partial charge in [-0.3, -0.25) is 4.79 Å². The average Bonchev–Trinajstić information content (AvgIpc) is 3.17. The van der Waals surface area contributed by atoms with Gasteiger partial charge in [0.15, 0.2) is 0 Å². The Balaban J connectivity index is 0.00000236. The van der Waals surface area contributed by atoms with Gasteiger partial charge in [-0.1, -0.05) is 124 Å². The SMILES string of the molecule is CCOCC.O=C(CCCCC[P+](c1ccccc1)(c1ccccc1)c1ccccc1)NC(COC(=O)C(Cl)Cl)(COC(=O)C(Cl)Cl)COC(=O)C(Cl)Cl.[Br-]. The summed E-state index contributed by atoms with van der Waals surface area (Å²) >= 11 is 33.7. The van der Waals surface area contributed by atoms with Gasteiger partial charge in [0.05, 0.1) is 6.16 Å². The van der Waals surface area contributed by atoms with Gasteiger partial charge in [-0.25, -0.2) is 14.4 Å². The molecular weight excluding hydrogens is 922 g/mol. The number of benzene rings is 3. The highest BCUT2D eigenvalue weighted by atomic mass is 79.9. The van der Waals surface area contributed by atoms with Gasteiger partial charge >= 0.3 is 17.9 Å². The van der Waals surface area contributed by atoms with Gasteiger partial charge < -0.3 is 41.2 Å². The molecule has 0 atom stereocenters. The van der Waals surface area contributed by atoms with Gasteiger partial charge in [0.25, 0.3) is 0 Å². The quantitative estimate of drug-likeness (QED) is 0.0547. The van der Waals surface area contributed by atoms with Crippen LogP contribution in [-0.2, 0) is 38.1 Å². The Kier molecular flexibility index (Phi) is 25.8. The predicted molar refractivity (Wildman–Crippen MR) is 221 cm³/mol. The molecule has 17 heteroatoms. The number of ether oxygens (including phenoxy) is 4. The Hall–Kier alpha value is -1.85. The number of carbonyl (C=O) groups is 4. The number of halogens is 7. The largest absolute Gasteiger partial charge is 1.00 e. The van der Waals surface area contributed by atoms with E-state index in [1.54, 1.807) is 0 Å². The van der Waals surface area contributed by atoms with E-state index < -0.39 is 70.9 Å². The molecule has 9 nitrogen and oxygen atoms in total. The lowest BCUT2D eigenvalue weighted by Crippen LogP contribution is -3.00. The summed E-state index contributed by atoms with van der Waals surface area (Å²) in [5.41, 5.74) is -1.79. The molecule has 0 heterocycles. The van der Waals surface area contributed by atoms with E-state index in [1.807, 2.05) is 32.0 Å². The zero-order chi connectivity index (χ0) is 40.0. The Morgan fingerprint density at radius 3 is 1.22 bits per heavy atom. The van der Waals surface area contributed by atoms with Crippen molar-refractivity contribution < 1.29 is 55.1 Å². The van der Waals surface area contributed by atoms with E-state index in [0.29, 0.717) is 12.8 Å². The molecule has 0 radical (unpaired) electrons. The topological polar surface area (TPSA) is 117 Å². The third-order valence-electron chi connectivity index (χ3n) is 7.81. The molecule has 0 saturated heterocycles. The highest BCUT2D eigenvalue weighted by Gasteiger charge is 2.44. The van der Waals surface area contributed by atoms with Crippen LogP contribution in [0.2, 0.25) is 0 Å². The highest BCUT2D eigenvalue weighted by molar-refractivity contribution is 7.95. The van der Waals surface area contributed by atoms with Crippen LogP contribution in [0.4, 0.5) is 0 Å². The van der Waals surface area contributed by atoms with E-state index in [0.717, 1.165) is 25.8 Å². The van der Waals surface area contributed by atoms with Gasteiger partial charge in [0, 0.05) is 19.6 Å². The van der Waals surface area contributed by atoms with Crippen molar-refractivity contribution in [3.05, 3.63) is 91.0 Å². The molecule has 0 fully saturated rings. The van der Waals surface area contributed by atoms with Crippen molar-refractivity contribution >= 4 is 117 Å². The fourth-order valence-corrected chi connectivity index (χ4v) is 10.1. The van der Waals surface area contributed by atoms with Gasteiger partial charge in [-0.05, 0) is 69.5 Å². The molecule has 3 rings (SSSR count). The van der Waals surface area contributed by atoms with Crippen molar-refractivity contribution in [2.75, 3.05) is 39.2 Å². The lowest BCUT2D eigenvalue weighted by Gasteiger charge is -2.33. The molecule has 304 valence electrons. The molecule has 1 N–H and O–H groups in total. The number of amides is 1. The molecule has 55 heavy (non-hydrogen) atoms. The minimum absolute atomic E-state index is 0. The van der Waals surface area contributed by atoms with Crippen LogP contribution in [0.1, 0.15) is 39.5 Å². The van der Waals surface area contributed by atoms with Crippen molar-refractivity contribution in [2.24, 2.45) is 0 Å². The summed E-state index contributed by atoms with van der Waals surface area (Å²) in [6.07, 6.45) is 2.91. The van der Waals surface area contributed by atoms with Gasteiger partial charge in [-0.2, -0.15) is 0 Å². The molecule has 3 aromatic rings. The predicted octanol–water partition coefficient (Wildman–Crippen LogP) is 4.48. The third kappa shape index (κ3) is 17.7. The first-order valence-corrected chi connectivity index (χ1v) is 21.7. The standard InChI is InChI=1S/C34H34Cl6NO7P.C4H10O.BrH/c35-28(36)31(43)46-21-34(22-47-32(44)29(37)38,23-48-33(45)30(39)40)41-27(42)19-11-4-12-20-49(24-13-5-1-6-14-24,25-15-7-2-8-16-25)26-17-9-3-10-18-26;1-3-5-4-2;/h1-3,5-10,13-18,28-30H,4,11-12,19-23H2;3-4H2,1-2H3;1H. The van der Waals surface area contributed by atoms with E-state index in [9.17, 15) is 19.2 Å². The van der Waals surface area contributed by atoms with E-state index in [2.05, 4.69) is 78.1 Å². The van der Waals surface area contributed by atoms with E-state index in [1.165, 1.54) is 15.9 Å². The monoisotopic (exact) mass is 963 g/mol. The lowest BCUT2D eigenvalue weighted by molar-refractivity contribution is -0.157. The summed E-state index contributed by atoms with van der Waals surface area (Å²) in [4.78, 5) is 45.0. The Bertz CT molecular complexity index is 1400. The lowest BCUT2D eigenvalue weighted by atomic mass is 10.0. The zero-order valence-corrected chi connectivity index (χ0v) is 37.3. The molecular formula is C38H45BrCl6NO8P. The molecule has 0 unspecified atom stereocenters. The van der Waals surface area contributed by atoms with Crippen LogP contribution >= 0.6 is 76.9 Å². The number of esters is 3. The molecule has 3 aromatic carbocycles. The number of carbonyl (C=O) groups excluding carboxylic acids is 4. The highest BCUT2D eigenvalue weighted by Crippen LogP contribution is 2.56. The van der Waals surface area contributed by atoms with E-state index in [-0.39, 0.29) is 23.4 Å². The number of hydrogen-bond acceptors (Lipinski definition) is 8. The summed E-state index contributed by atoms with van der Waals surface area (Å²) in [6.45, 7) is 3.70. The summed E-state index contributed by atoms with van der Waals surface area (Å²) < 4.78 is 20.2. The maximum atomic E-state index is 13.3. The van der Waals surface area contributed by atoms with Crippen molar-refractivity contribution in [2.45, 2.75) is 59.6 Å². The number of unbranched alkanes of at least 4 members (excludes halogenated alkanes) is 2. The minimum atomic E-state index is -2.04. The molecule has 0 aliphatic heterocycles. The average molecular weight is 967 g/mol. The van der Waals surface area contributed by atoms with Crippen molar-refractivity contribution in [3.63, 3.8) is 0 Å².